The molecule has 1 heterocycles. The zero-order valence-corrected chi connectivity index (χ0v) is 23.5. The number of fused-ring (bicyclic) bond motifs is 1. The number of amides is 1. The Hall–Kier alpha value is -3.37. The number of nitrogens with zero attached hydrogens (tertiary/aromatic N) is 1. The number of nitrogens with one attached hydrogen (secondary N) is 1. The number of hydrogen-bond acceptors (Lipinski definition) is 4. The van der Waals surface area contributed by atoms with Crippen LogP contribution in [0.15, 0.2) is 60.7 Å². The average Bonchev–Trinajstić information content (AvgIpc) is 3.32. The van der Waals surface area contributed by atoms with Crippen LogP contribution in [0.1, 0.15) is 46.5 Å². The Morgan fingerprint density at radius 3 is 2.49 bits per heavy atom. The molecule has 1 N–H and O–H groups in total. The minimum atomic E-state index is -0.417. The van der Waals surface area contributed by atoms with E-state index in [0.29, 0.717) is 33.3 Å². The number of terminal acetylenes is 1. The van der Waals surface area contributed by atoms with E-state index < -0.39 is 5.82 Å². The molecule has 4 nitrogen and oxygen atoms in total. The Bertz CT molecular complexity index is 1530. The van der Waals surface area contributed by atoms with Crippen LogP contribution in [0.25, 0.3) is 21.2 Å². The van der Waals surface area contributed by atoms with Gasteiger partial charge in [-0.25, -0.2) is 4.39 Å². The third-order valence-corrected chi connectivity index (χ3v) is 9.25. The molecule has 1 fully saturated rings. The summed E-state index contributed by atoms with van der Waals surface area (Å²) in [6.45, 7) is 0.347. The van der Waals surface area contributed by atoms with Crippen molar-refractivity contribution < 1.29 is 13.9 Å². The highest BCUT2D eigenvalue weighted by molar-refractivity contribution is 7.21. The van der Waals surface area contributed by atoms with Crippen molar-refractivity contribution in [2.24, 2.45) is 0 Å². The van der Waals surface area contributed by atoms with Crippen LogP contribution in [0.5, 0.6) is 5.75 Å². The van der Waals surface area contributed by atoms with Crippen LogP contribution in [0.3, 0.4) is 0 Å². The van der Waals surface area contributed by atoms with Gasteiger partial charge in [-0.05, 0) is 80.3 Å². The van der Waals surface area contributed by atoms with E-state index in [1.807, 2.05) is 48.3 Å². The lowest BCUT2D eigenvalue weighted by Gasteiger charge is -2.37. The number of hydrogen-bond donors (Lipinski definition) is 1. The summed E-state index contributed by atoms with van der Waals surface area (Å²) in [5, 5.41) is 3.85. The number of carbonyl (C=O) groups is 1. The molecule has 39 heavy (non-hydrogen) atoms. The first-order chi connectivity index (χ1) is 18.9. The number of thiophene rings is 1. The maximum atomic E-state index is 14.6. The van der Waals surface area contributed by atoms with Gasteiger partial charge in [0.05, 0.1) is 12.1 Å². The first-order valence-electron chi connectivity index (χ1n) is 13.0. The summed E-state index contributed by atoms with van der Waals surface area (Å²) in [5.41, 5.74) is 3.73. The van der Waals surface area contributed by atoms with E-state index in [1.165, 1.54) is 17.4 Å². The molecule has 7 heteroatoms. The van der Waals surface area contributed by atoms with Crippen molar-refractivity contribution >= 4 is 38.9 Å². The summed E-state index contributed by atoms with van der Waals surface area (Å²) < 4.78 is 21.0. The number of benzene rings is 3. The average molecular weight is 561 g/mol. The molecule has 200 valence electrons. The summed E-state index contributed by atoms with van der Waals surface area (Å²) >= 11 is 7.90. The third-order valence-electron chi connectivity index (χ3n) is 7.61. The Kier molecular flexibility index (Phi) is 8.23. The lowest BCUT2D eigenvalue weighted by atomic mass is 9.89. The van der Waals surface area contributed by atoms with Gasteiger partial charge < -0.3 is 15.0 Å². The number of methoxy groups -OCH3 is 1. The van der Waals surface area contributed by atoms with E-state index in [2.05, 4.69) is 17.3 Å². The fourth-order valence-electron chi connectivity index (χ4n) is 5.41. The molecule has 0 atom stereocenters. The molecule has 1 aromatic heterocycles. The predicted molar refractivity (Wildman–Crippen MR) is 158 cm³/mol. The molecule has 0 bridgehead atoms. The molecule has 0 aliphatic heterocycles. The minimum absolute atomic E-state index is 0.0245. The lowest BCUT2D eigenvalue weighted by Crippen LogP contribution is -2.44. The first-order valence-corrected chi connectivity index (χ1v) is 14.2. The Balaban J connectivity index is 1.53. The Labute approximate surface area is 237 Å². The summed E-state index contributed by atoms with van der Waals surface area (Å²) in [6, 6.07) is 19.1. The van der Waals surface area contributed by atoms with Gasteiger partial charge in [0.2, 0.25) is 0 Å². The molecule has 0 saturated heterocycles. The molecule has 0 unspecified atom stereocenters. The van der Waals surface area contributed by atoms with Crippen LogP contribution in [-0.4, -0.2) is 37.0 Å². The maximum Gasteiger partial charge on any atom is 0.266 e. The Morgan fingerprint density at radius 2 is 1.85 bits per heavy atom. The van der Waals surface area contributed by atoms with Gasteiger partial charge in [-0.1, -0.05) is 41.8 Å². The van der Waals surface area contributed by atoms with Crippen molar-refractivity contribution in [2.75, 3.05) is 14.2 Å². The number of carbonyl (C=O) groups excluding carboxylic acids is 1. The summed E-state index contributed by atoms with van der Waals surface area (Å²) in [5.74, 6) is 2.75. The smallest absolute Gasteiger partial charge is 0.266 e. The van der Waals surface area contributed by atoms with Gasteiger partial charge in [0.15, 0.2) is 0 Å². The van der Waals surface area contributed by atoms with E-state index >= 15 is 0 Å². The molecule has 1 saturated carbocycles. The van der Waals surface area contributed by atoms with Crippen LogP contribution in [0.4, 0.5) is 4.39 Å². The van der Waals surface area contributed by atoms with Gasteiger partial charge in [0.1, 0.15) is 16.4 Å². The molecule has 5 rings (SSSR count). The van der Waals surface area contributed by atoms with Crippen molar-refractivity contribution in [2.45, 2.75) is 44.3 Å². The largest absolute Gasteiger partial charge is 0.496 e. The highest BCUT2D eigenvalue weighted by atomic mass is 35.5. The van der Waals surface area contributed by atoms with Crippen molar-refractivity contribution in [3.63, 3.8) is 0 Å². The molecule has 3 aromatic carbocycles. The first kappa shape index (κ1) is 27.2. The normalized spacial score (nSPS) is 17.1. The topological polar surface area (TPSA) is 41.6 Å². The summed E-state index contributed by atoms with van der Waals surface area (Å²) in [4.78, 5) is 16.5. The minimum Gasteiger partial charge on any atom is -0.496 e. The van der Waals surface area contributed by atoms with Crippen molar-refractivity contribution in [1.82, 2.24) is 10.2 Å². The quantitative estimate of drug-likeness (QED) is 0.238. The highest BCUT2D eigenvalue weighted by Gasteiger charge is 2.32. The standard InChI is InChI=1S/C32H30ClFN2O2S/c1-4-20-8-10-21(11-9-20)22-12-17-27(38-3)23(18-22)19-36(25-15-13-24(35-2)14-16-25)32(37)31-30(33)29-26(34)6-5-7-28(29)39-31/h1,5-12,17-18,24-25,35H,13-16,19H2,2-3H3. The zero-order valence-electron chi connectivity index (χ0n) is 22.0. The maximum absolute atomic E-state index is 14.6. The number of rotatable bonds is 7. The lowest BCUT2D eigenvalue weighted by molar-refractivity contribution is 0.0604. The van der Waals surface area contributed by atoms with Crippen molar-refractivity contribution in [3.8, 4) is 29.2 Å². The van der Waals surface area contributed by atoms with Gasteiger partial charge >= 0.3 is 0 Å². The van der Waals surface area contributed by atoms with Gasteiger partial charge in [0.25, 0.3) is 5.91 Å². The second-order valence-corrected chi connectivity index (χ2v) is 11.3. The van der Waals surface area contributed by atoms with E-state index in [1.54, 1.807) is 19.2 Å². The third kappa shape index (κ3) is 5.53. The van der Waals surface area contributed by atoms with Crippen LogP contribution >= 0.6 is 22.9 Å². The molecular formula is C32H30ClFN2O2S. The van der Waals surface area contributed by atoms with Crippen molar-refractivity contribution in [3.05, 3.63) is 87.5 Å². The SMILES string of the molecule is C#Cc1ccc(-c2ccc(OC)c(CN(C(=O)c3sc4cccc(F)c4c3Cl)C3CCC(NC)CC3)c2)cc1. The summed E-state index contributed by atoms with van der Waals surface area (Å²) in [7, 11) is 3.61. The molecule has 4 aromatic rings. The highest BCUT2D eigenvalue weighted by Crippen LogP contribution is 2.39. The monoisotopic (exact) mass is 560 g/mol. The van der Waals surface area contributed by atoms with E-state index in [0.717, 1.165) is 47.9 Å². The summed E-state index contributed by atoms with van der Waals surface area (Å²) in [6.07, 6.45) is 9.20. The van der Waals surface area contributed by atoms with Crippen molar-refractivity contribution in [1.29, 1.82) is 0 Å². The fourth-order valence-corrected chi connectivity index (χ4v) is 6.91. The molecule has 0 spiro atoms. The van der Waals surface area contributed by atoms with Crippen LogP contribution < -0.4 is 10.1 Å². The molecule has 0 radical (unpaired) electrons. The molecule has 1 aliphatic rings. The number of ether oxygens (including phenoxy) is 1. The van der Waals surface area contributed by atoms with E-state index in [9.17, 15) is 9.18 Å². The molecular weight excluding hydrogens is 531 g/mol. The fraction of sp³-hybridized carbons (Fsp3) is 0.281. The number of halogens is 2. The second kappa shape index (κ2) is 11.8. The van der Waals surface area contributed by atoms with Gasteiger partial charge in [-0.15, -0.1) is 17.8 Å². The second-order valence-electron chi connectivity index (χ2n) is 9.83. The van der Waals surface area contributed by atoms with Gasteiger partial charge in [-0.3, -0.25) is 4.79 Å². The van der Waals surface area contributed by atoms with E-state index in [4.69, 9.17) is 22.8 Å². The van der Waals surface area contributed by atoms with Crippen LogP contribution in [-0.2, 0) is 6.54 Å². The van der Waals surface area contributed by atoms with Crippen LogP contribution in [0, 0.1) is 18.2 Å². The predicted octanol–water partition coefficient (Wildman–Crippen LogP) is 7.52. The van der Waals surface area contributed by atoms with Crippen LogP contribution in [0.2, 0.25) is 5.02 Å². The zero-order chi connectivity index (χ0) is 27.5. The van der Waals surface area contributed by atoms with Gasteiger partial charge in [0, 0.05) is 39.8 Å². The Morgan fingerprint density at radius 1 is 1.13 bits per heavy atom. The van der Waals surface area contributed by atoms with E-state index in [-0.39, 0.29) is 17.0 Å². The molecule has 1 amide bonds. The molecule has 1 aliphatic carbocycles. The van der Waals surface area contributed by atoms with Gasteiger partial charge in [-0.2, -0.15) is 0 Å².